The molecule has 0 spiro atoms. The van der Waals surface area contributed by atoms with Crippen molar-refractivity contribution >= 4 is 29.3 Å². The van der Waals surface area contributed by atoms with Gasteiger partial charge in [0.1, 0.15) is 12.2 Å². The van der Waals surface area contributed by atoms with Crippen LogP contribution in [-0.4, -0.2) is 40.7 Å². The van der Waals surface area contributed by atoms with Gasteiger partial charge < -0.3 is 19.8 Å². The predicted molar refractivity (Wildman–Crippen MR) is 43.7 cm³/mol. The molecule has 0 aromatic carbocycles. The van der Waals surface area contributed by atoms with E-state index in [1.807, 2.05) is 0 Å². The summed E-state index contributed by atoms with van der Waals surface area (Å²) in [6, 6.07) is 0. The van der Waals surface area contributed by atoms with E-state index in [-0.39, 0.29) is 6.61 Å². The van der Waals surface area contributed by atoms with E-state index in [2.05, 4.69) is 4.52 Å². The van der Waals surface area contributed by atoms with E-state index in [1.165, 1.54) is 0 Å². The van der Waals surface area contributed by atoms with Gasteiger partial charge in [0.05, 0.1) is 13.2 Å². The monoisotopic (exact) mass is 222 g/mol. The van der Waals surface area contributed by atoms with Gasteiger partial charge >= 0.3 is 0 Å². The fraction of sp³-hybridized carbons (Fsp3) is 1.00. The van der Waals surface area contributed by atoms with Crippen LogP contribution >= 0.6 is 29.3 Å². The van der Waals surface area contributed by atoms with Gasteiger partial charge in [-0.25, -0.2) is 0 Å². The summed E-state index contributed by atoms with van der Waals surface area (Å²) in [5.74, 6) is 0. The molecule has 4 nitrogen and oxygen atoms in total. The minimum Gasteiger partial charge on any atom is -0.394 e. The molecule has 68 valence electrons. The zero-order chi connectivity index (χ0) is 8.85. The molecule has 0 radical (unpaired) electrons. The van der Waals surface area contributed by atoms with Crippen LogP contribution in [-0.2, 0) is 4.52 Å². The Bertz CT molecular complexity index is 104. The lowest BCUT2D eigenvalue weighted by Gasteiger charge is -2.14. The maximum Gasteiger partial charge on any atom is 0.225 e. The van der Waals surface area contributed by atoms with E-state index < -0.39 is 25.7 Å². The van der Waals surface area contributed by atoms with E-state index in [1.54, 1.807) is 0 Å². The summed E-state index contributed by atoms with van der Waals surface area (Å²) >= 11 is 10.4. The van der Waals surface area contributed by atoms with Gasteiger partial charge in [0.15, 0.2) is 0 Å². The van der Waals surface area contributed by atoms with E-state index in [4.69, 9.17) is 37.8 Å². The maximum absolute atomic E-state index is 8.92. The molecule has 2 atom stereocenters. The molecule has 0 aliphatic carbocycles. The first kappa shape index (κ1) is 11.8. The summed E-state index contributed by atoms with van der Waals surface area (Å²) in [7, 11) is 0. The average molecular weight is 223 g/mol. The van der Waals surface area contributed by atoms with E-state index in [9.17, 15) is 0 Å². The second-order valence-electron chi connectivity index (χ2n) is 1.81. The molecule has 0 amide bonds. The third-order valence-corrected chi connectivity index (χ3v) is 1.90. The SMILES string of the molecule is OC[C@@H](O)[C@@H](O)COP(Cl)Cl. The molecule has 3 N–H and O–H groups in total. The minimum absolute atomic E-state index is 0.180. The molecule has 0 fully saturated rings. The van der Waals surface area contributed by atoms with Crippen LogP contribution in [0, 0.1) is 0 Å². The fourth-order valence-electron chi connectivity index (χ4n) is 0.365. The van der Waals surface area contributed by atoms with E-state index in [0.717, 1.165) is 0 Å². The van der Waals surface area contributed by atoms with Gasteiger partial charge in [-0.05, 0) is 22.5 Å². The van der Waals surface area contributed by atoms with Gasteiger partial charge in [-0.3, -0.25) is 0 Å². The zero-order valence-corrected chi connectivity index (χ0v) is 7.93. The smallest absolute Gasteiger partial charge is 0.225 e. The Labute approximate surface area is 75.1 Å². The minimum atomic E-state index is -1.57. The lowest BCUT2D eigenvalue weighted by molar-refractivity contribution is -0.0316. The molecule has 0 aromatic rings. The molecule has 0 aliphatic heterocycles. The molecular formula is C4H9Cl2O4P. The van der Waals surface area contributed by atoms with Crippen molar-refractivity contribution in [2.75, 3.05) is 13.2 Å². The molecule has 0 saturated heterocycles. The first-order valence-electron chi connectivity index (χ1n) is 2.79. The van der Waals surface area contributed by atoms with Crippen LogP contribution in [0.3, 0.4) is 0 Å². The molecule has 0 rings (SSSR count). The van der Waals surface area contributed by atoms with Crippen LogP contribution in [0.4, 0.5) is 0 Å². The van der Waals surface area contributed by atoms with Crippen molar-refractivity contribution in [3.63, 3.8) is 0 Å². The Morgan fingerprint density at radius 2 is 1.82 bits per heavy atom. The molecular weight excluding hydrogens is 214 g/mol. The number of hydrogen-bond acceptors (Lipinski definition) is 4. The first-order valence-corrected chi connectivity index (χ1v) is 5.86. The van der Waals surface area contributed by atoms with Crippen molar-refractivity contribution in [3.05, 3.63) is 0 Å². The van der Waals surface area contributed by atoms with Crippen molar-refractivity contribution in [2.45, 2.75) is 12.2 Å². The molecule has 0 aromatic heterocycles. The van der Waals surface area contributed by atoms with Crippen LogP contribution in [0.1, 0.15) is 0 Å². The van der Waals surface area contributed by atoms with Crippen LogP contribution in [0.5, 0.6) is 0 Å². The fourth-order valence-corrected chi connectivity index (χ4v) is 0.969. The van der Waals surface area contributed by atoms with Gasteiger partial charge in [-0.1, -0.05) is 0 Å². The number of aliphatic hydroxyl groups is 3. The standard InChI is InChI=1S/C4H9Cl2O4P/c5-11(6)10-2-4(9)3(8)1-7/h3-4,7-9H,1-2H2/t3-,4+/m1/s1. The lowest BCUT2D eigenvalue weighted by atomic mass is 10.2. The first-order chi connectivity index (χ1) is 5.07. The van der Waals surface area contributed by atoms with Crippen molar-refractivity contribution < 1.29 is 19.8 Å². The number of hydrogen-bond donors (Lipinski definition) is 3. The maximum atomic E-state index is 8.92. The summed E-state index contributed by atoms with van der Waals surface area (Å²) in [6.45, 7) is -2.27. The molecule has 0 unspecified atom stereocenters. The highest BCUT2D eigenvalue weighted by Gasteiger charge is 2.16. The molecule has 0 saturated carbocycles. The highest BCUT2D eigenvalue weighted by atomic mass is 35.9. The topological polar surface area (TPSA) is 69.9 Å². The normalized spacial score (nSPS) is 16.9. The Morgan fingerprint density at radius 3 is 2.18 bits per heavy atom. The predicted octanol–water partition coefficient (Wildman–Crippen LogP) is 0.422. The van der Waals surface area contributed by atoms with Gasteiger partial charge in [-0.15, -0.1) is 0 Å². The van der Waals surface area contributed by atoms with Crippen LogP contribution in [0.2, 0.25) is 0 Å². The Kier molecular flexibility index (Phi) is 6.87. The van der Waals surface area contributed by atoms with Crippen LogP contribution in [0.25, 0.3) is 0 Å². The second-order valence-corrected chi connectivity index (χ2v) is 4.84. The van der Waals surface area contributed by atoms with Crippen molar-refractivity contribution in [1.29, 1.82) is 0 Å². The van der Waals surface area contributed by atoms with Gasteiger partial charge in [-0.2, -0.15) is 0 Å². The molecule has 0 aliphatic rings. The Morgan fingerprint density at radius 1 is 1.27 bits per heavy atom. The van der Waals surface area contributed by atoms with Crippen LogP contribution in [0.15, 0.2) is 0 Å². The summed E-state index contributed by atoms with van der Waals surface area (Å²) in [4.78, 5) is 0. The van der Waals surface area contributed by atoms with E-state index in [0.29, 0.717) is 0 Å². The van der Waals surface area contributed by atoms with Gasteiger partial charge in [0, 0.05) is 0 Å². The summed E-state index contributed by atoms with van der Waals surface area (Å²) in [5, 5.41) is 26.0. The highest BCUT2D eigenvalue weighted by Crippen LogP contribution is 2.47. The number of aliphatic hydroxyl groups excluding tert-OH is 3. The third kappa shape index (κ3) is 6.05. The Balaban J connectivity index is 3.43. The second kappa shape index (κ2) is 6.38. The highest BCUT2D eigenvalue weighted by molar-refractivity contribution is 8.00. The van der Waals surface area contributed by atoms with Crippen molar-refractivity contribution in [1.82, 2.24) is 0 Å². The summed E-state index contributed by atoms with van der Waals surface area (Å²) < 4.78 is 4.60. The zero-order valence-electron chi connectivity index (χ0n) is 5.52. The van der Waals surface area contributed by atoms with Crippen molar-refractivity contribution in [3.8, 4) is 0 Å². The van der Waals surface area contributed by atoms with Gasteiger partial charge in [0.2, 0.25) is 6.85 Å². The lowest BCUT2D eigenvalue weighted by Crippen LogP contribution is -2.32. The van der Waals surface area contributed by atoms with Crippen molar-refractivity contribution in [2.24, 2.45) is 0 Å². The van der Waals surface area contributed by atoms with Gasteiger partial charge in [0.25, 0.3) is 0 Å². The van der Waals surface area contributed by atoms with Crippen LogP contribution < -0.4 is 0 Å². The largest absolute Gasteiger partial charge is 0.394 e. The molecule has 11 heavy (non-hydrogen) atoms. The Hall–Kier alpha value is 0.850. The molecule has 0 heterocycles. The third-order valence-electron chi connectivity index (χ3n) is 0.974. The molecule has 0 bridgehead atoms. The van der Waals surface area contributed by atoms with E-state index >= 15 is 0 Å². The number of halogens is 2. The molecule has 7 heteroatoms. The number of rotatable bonds is 5. The quantitative estimate of drug-likeness (QED) is 0.590. The summed E-state index contributed by atoms with van der Waals surface area (Å²) in [6.07, 6.45) is -2.36. The summed E-state index contributed by atoms with van der Waals surface area (Å²) in [5.41, 5.74) is 0. The average Bonchev–Trinajstić information content (AvgIpc) is 1.98.